The minimum atomic E-state index is -0.936. The van der Waals surface area contributed by atoms with Crippen LogP contribution in [0.2, 0.25) is 0 Å². The topological polar surface area (TPSA) is 194 Å². The molecule has 0 aromatic rings. The zero-order valence-electron chi connectivity index (χ0n) is 16.5. The Balaban J connectivity index is 1.17. The van der Waals surface area contributed by atoms with Gasteiger partial charge in [0, 0.05) is 0 Å². The number of nitrogens with zero attached hydrogens (tertiary/aromatic N) is 2. The fraction of sp³-hybridized carbons (Fsp3) is 0.875. The molecule has 0 aromatic heterocycles. The summed E-state index contributed by atoms with van der Waals surface area (Å²) in [5.41, 5.74) is 0. The predicted octanol–water partition coefficient (Wildman–Crippen LogP) is -1.66. The molecule has 178 valence electrons. The van der Waals surface area contributed by atoms with Crippen LogP contribution in [0.15, 0.2) is 0 Å². The third-order valence-electron chi connectivity index (χ3n) is 5.47. The summed E-state index contributed by atoms with van der Waals surface area (Å²) in [6.45, 7) is -0.178. The van der Waals surface area contributed by atoms with Gasteiger partial charge in [0.25, 0.3) is 10.2 Å². The third-order valence-corrected chi connectivity index (χ3v) is 5.47. The Morgan fingerprint density at radius 3 is 1.31 bits per heavy atom. The number of hydrogen-bond donors (Lipinski definition) is 0. The van der Waals surface area contributed by atoms with Crippen molar-refractivity contribution in [1.29, 1.82) is 0 Å². The molecular formula is C16H20N2O14. The Morgan fingerprint density at radius 1 is 0.656 bits per heavy atom. The van der Waals surface area contributed by atoms with E-state index in [4.69, 9.17) is 28.4 Å². The Bertz CT molecular complexity index is 701. The molecule has 4 rings (SSSR count). The lowest BCUT2D eigenvalue weighted by atomic mass is 10.1. The van der Waals surface area contributed by atoms with Gasteiger partial charge in [-0.05, 0) is 0 Å². The Hall–Kier alpha value is -2.82. The second kappa shape index (κ2) is 9.35. The highest BCUT2D eigenvalue weighted by Gasteiger charge is 2.52. The van der Waals surface area contributed by atoms with E-state index < -0.39 is 70.9 Å². The quantitative estimate of drug-likeness (QED) is 0.214. The molecule has 4 aliphatic heterocycles. The van der Waals surface area contributed by atoms with Crippen LogP contribution < -0.4 is 0 Å². The molecule has 32 heavy (non-hydrogen) atoms. The number of fused-ring (bicyclic) bond motifs is 2. The summed E-state index contributed by atoms with van der Waals surface area (Å²) < 4.78 is 32.1. The highest BCUT2D eigenvalue weighted by Crippen LogP contribution is 2.32. The van der Waals surface area contributed by atoms with Crippen molar-refractivity contribution in [3.63, 3.8) is 0 Å². The summed E-state index contributed by atoms with van der Waals surface area (Å²) in [6.07, 6.45) is -6.78. The van der Waals surface area contributed by atoms with Crippen LogP contribution in [0.3, 0.4) is 0 Å². The molecule has 4 fully saturated rings. The van der Waals surface area contributed by atoms with E-state index in [9.17, 15) is 29.8 Å². The predicted molar refractivity (Wildman–Crippen MR) is 91.7 cm³/mol. The molecule has 0 unspecified atom stereocenters. The van der Waals surface area contributed by atoms with E-state index in [0.29, 0.717) is 0 Å². The van der Waals surface area contributed by atoms with E-state index in [-0.39, 0.29) is 39.3 Å². The highest BCUT2D eigenvalue weighted by atomic mass is 17.0. The first-order chi connectivity index (χ1) is 15.3. The summed E-state index contributed by atoms with van der Waals surface area (Å²) >= 11 is 0. The van der Waals surface area contributed by atoms with Gasteiger partial charge in [-0.3, -0.25) is 9.59 Å². The molecule has 16 nitrogen and oxygen atoms in total. The molecule has 0 aliphatic carbocycles. The fourth-order valence-electron chi connectivity index (χ4n) is 4.12. The fourth-order valence-corrected chi connectivity index (χ4v) is 4.12. The summed E-state index contributed by atoms with van der Waals surface area (Å²) in [5, 5.41) is 19.1. The highest BCUT2D eigenvalue weighted by molar-refractivity contribution is 5.77. The summed E-state index contributed by atoms with van der Waals surface area (Å²) in [6, 6.07) is 0. The van der Waals surface area contributed by atoms with Gasteiger partial charge in [0.15, 0.2) is 24.4 Å². The van der Waals surface area contributed by atoms with Gasteiger partial charge in [-0.2, -0.15) is 0 Å². The Labute approximate surface area is 179 Å². The lowest BCUT2D eigenvalue weighted by Crippen LogP contribution is -2.36. The van der Waals surface area contributed by atoms with Gasteiger partial charge >= 0.3 is 11.9 Å². The van der Waals surface area contributed by atoms with Crippen molar-refractivity contribution in [3.05, 3.63) is 20.2 Å². The van der Waals surface area contributed by atoms with Crippen LogP contribution >= 0.6 is 0 Å². The molecule has 0 spiro atoms. The molecule has 4 heterocycles. The Morgan fingerprint density at radius 2 is 0.969 bits per heavy atom. The maximum Gasteiger partial charge on any atom is 0.306 e. The number of rotatable bonds is 9. The minimum Gasteiger partial charge on any atom is -0.457 e. The molecule has 16 heteroatoms. The zero-order valence-corrected chi connectivity index (χ0v) is 16.5. The van der Waals surface area contributed by atoms with Crippen molar-refractivity contribution in [2.24, 2.45) is 0 Å². The molecule has 0 amide bonds. The summed E-state index contributed by atoms with van der Waals surface area (Å²) in [4.78, 5) is 54.2. The van der Waals surface area contributed by atoms with E-state index >= 15 is 0 Å². The van der Waals surface area contributed by atoms with E-state index in [1.54, 1.807) is 0 Å². The molecule has 0 N–H and O–H groups in total. The van der Waals surface area contributed by atoms with Crippen LogP contribution in [0.25, 0.3) is 0 Å². The zero-order chi connectivity index (χ0) is 22.8. The number of carbonyl (C=O) groups is 2. The number of hydrogen-bond acceptors (Lipinski definition) is 14. The van der Waals surface area contributed by atoms with Crippen molar-refractivity contribution in [1.82, 2.24) is 0 Å². The van der Waals surface area contributed by atoms with Crippen molar-refractivity contribution in [2.75, 3.05) is 26.4 Å². The van der Waals surface area contributed by atoms with Gasteiger partial charge in [-0.15, -0.1) is 20.2 Å². The van der Waals surface area contributed by atoms with Gasteiger partial charge in [-0.1, -0.05) is 0 Å². The smallest absolute Gasteiger partial charge is 0.306 e. The van der Waals surface area contributed by atoms with Gasteiger partial charge < -0.3 is 38.1 Å². The maximum absolute atomic E-state index is 12.1. The van der Waals surface area contributed by atoms with Crippen molar-refractivity contribution < 1.29 is 57.9 Å². The molecule has 4 saturated heterocycles. The summed E-state index contributed by atoms with van der Waals surface area (Å²) in [5.74, 6) is -1.40. The minimum absolute atomic E-state index is 0.0176. The van der Waals surface area contributed by atoms with E-state index in [1.165, 1.54) is 0 Å². The number of carbonyl (C=O) groups excluding carboxylic acids is 2. The van der Waals surface area contributed by atoms with Gasteiger partial charge in [0.05, 0.1) is 39.3 Å². The average Bonchev–Trinajstić information content (AvgIpc) is 3.47. The van der Waals surface area contributed by atoms with Crippen LogP contribution in [0, 0.1) is 20.2 Å². The van der Waals surface area contributed by atoms with Crippen molar-refractivity contribution >= 4 is 11.9 Å². The first kappa shape index (κ1) is 22.4. The largest absolute Gasteiger partial charge is 0.457 e. The van der Waals surface area contributed by atoms with Crippen LogP contribution in [-0.4, -0.2) is 97.4 Å². The van der Waals surface area contributed by atoms with Crippen LogP contribution in [0.4, 0.5) is 0 Å². The van der Waals surface area contributed by atoms with Crippen LogP contribution in [0.1, 0.15) is 12.8 Å². The van der Waals surface area contributed by atoms with Crippen LogP contribution in [-0.2, 0) is 47.7 Å². The molecule has 0 bridgehead atoms. The SMILES string of the molecule is O=C(CCC(=O)O[C@H]1CO[C@H]2[C@H]1OC[C@H]2O[N+](=O)[O-])O[C@H]1CO[C@H]2[C@H]1OC[C@H]2O[N+](=O)[O-]. The lowest BCUT2D eigenvalue weighted by Gasteiger charge is -2.18. The van der Waals surface area contributed by atoms with Gasteiger partial charge in [-0.25, -0.2) is 0 Å². The molecule has 8 atom stereocenters. The lowest BCUT2D eigenvalue weighted by molar-refractivity contribution is -0.769. The molecule has 4 aliphatic rings. The van der Waals surface area contributed by atoms with Crippen LogP contribution in [0.5, 0.6) is 0 Å². The second-order valence-corrected chi connectivity index (χ2v) is 7.48. The monoisotopic (exact) mass is 464 g/mol. The first-order valence-electron chi connectivity index (χ1n) is 9.79. The standard InChI is InChI=1S/C16H20N2O14/c19-11(29-7-3-25-15-9(31-17(21)22)5-27-13(7)15)1-2-12(20)30-8-4-26-16-10(32-18(23)24)6-28-14(8)16/h7-10,13-16H,1-6H2/t7-,8-,9+,10+,13-,14-,15+,16+/m0/s1. The Kier molecular flexibility index (Phi) is 6.54. The summed E-state index contributed by atoms with van der Waals surface area (Å²) in [7, 11) is 0. The van der Waals surface area contributed by atoms with E-state index in [0.717, 1.165) is 0 Å². The number of esters is 2. The third kappa shape index (κ3) is 4.82. The average molecular weight is 464 g/mol. The van der Waals surface area contributed by atoms with E-state index in [2.05, 4.69) is 9.68 Å². The molecular weight excluding hydrogens is 444 g/mol. The van der Waals surface area contributed by atoms with Gasteiger partial charge in [0.2, 0.25) is 0 Å². The van der Waals surface area contributed by atoms with Gasteiger partial charge in [0.1, 0.15) is 24.4 Å². The first-order valence-corrected chi connectivity index (χ1v) is 9.79. The molecule has 0 radical (unpaired) electrons. The number of ether oxygens (including phenoxy) is 6. The van der Waals surface area contributed by atoms with E-state index in [1.807, 2.05) is 0 Å². The molecule has 0 aromatic carbocycles. The van der Waals surface area contributed by atoms with Crippen molar-refractivity contribution in [2.45, 2.75) is 61.7 Å². The van der Waals surface area contributed by atoms with Crippen molar-refractivity contribution in [3.8, 4) is 0 Å². The second-order valence-electron chi connectivity index (χ2n) is 7.48. The molecule has 0 saturated carbocycles. The maximum atomic E-state index is 12.1. The normalized spacial score (nSPS) is 37.4.